The fourth-order valence-corrected chi connectivity index (χ4v) is 5.47. The normalized spacial score (nSPS) is 17.6. The van der Waals surface area contributed by atoms with E-state index in [1.807, 2.05) is 6.92 Å². The lowest BCUT2D eigenvalue weighted by molar-refractivity contribution is 0.295. The minimum Gasteiger partial charge on any atom is -0.490 e. The SMILES string of the molecule is CCCOc1ccc(-c2ccc(CC/C=C/C3CCC(c4ccc(CCC)cc4)CC3)c(F)c2F)c(F)c1F. The molecule has 0 spiro atoms. The smallest absolute Gasteiger partial charge is 0.201 e. The Kier molecular flexibility index (Phi) is 10.2. The quantitative estimate of drug-likeness (QED) is 0.174. The van der Waals surface area contributed by atoms with E-state index in [9.17, 15) is 17.6 Å². The lowest BCUT2D eigenvalue weighted by Crippen LogP contribution is -2.11. The molecule has 0 atom stereocenters. The molecule has 1 fully saturated rings. The fraction of sp³-hybridized carbons (Fsp3) is 0.412. The molecule has 208 valence electrons. The molecule has 0 aromatic heterocycles. The number of rotatable bonds is 11. The van der Waals surface area contributed by atoms with E-state index >= 15 is 0 Å². The van der Waals surface area contributed by atoms with Gasteiger partial charge in [-0.1, -0.05) is 68.8 Å². The van der Waals surface area contributed by atoms with Crippen LogP contribution in [0.5, 0.6) is 5.75 Å². The molecule has 0 unspecified atom stereocenters. The average Bonchev–Trinajstić information content (AvgIpc) is 2.95. The van der Waals surface area contributed by atoms with Crippen molar-refractivity contribution in [1.29, 1.82) is 0 Å². The number of halogens is 4. The van der Waals surface area contributed by atoms with Crippen LogP contribution < -0.4 is 4.74 Å². The van der Waals surface area contributed by atoms with Crippen molar-refractivity contribution in [1.82, 2.24) is 0 Å². The zero-order chi connectivity index (χ0) is 27.8. The highest BCUT2D eigenvalue weighted by Crippen LogP contribution is 2.37. The Morgan fingerprint density at radius 3 is 2.05 bits per heavy atom. The lowest BCUT2D eigenvalue weighted by Gasteiger charge is -2.27. The second-order valence-corrected chi connectivity index (χ2v) is 10.6. The molecule has 1 nitrogen and oxygen atoms in total. The third-order valence-electron chi connectivity index (χ3n) is 7.71. The molecule has 4 rings (SSSR count). The van der Waals surface area contributed by atoms with Gasteiger partial charge in [-0.25, -0.2) is 13.2 Å². The summed E-state index contributed by atoms with van der Waals surface area (Å²) in [4.78, 5) is 0. The van der Waals surface area contributed by atoms with Gasteiger partial charge in [0.15, 0.2) is 23.2 Å². The molecule has 0 heterocycles. The van der Waals surface area contributed by atoms with Gasteiger partial charge in [0.05, 0.1) is 6.61 Å². The van der Waals surface area contributed by atoms with Gasteiger partial charge < -0.3 is 4.74 Å². The highest BCUT2D eigenvalue weighted by molar-refractivity contribution is 5.66. The van der Waals surface area contributed by atoms with Crippen molar-refractivity contribution in [3.63, 3.8) is 0 Å². The fourth-order valence-electron chi connectivity index (χ4n) is 5.47. The van der Waals surface area contributed by atoms with Crippen molar-refractivity contribution < 1.29 is 22.3 Å². The van der Waals surface area contributed by atoms with Crippen LogP contribution in [0.1, 0.15) is 81.4 Å². The number of hydrogen-bond donors (Lipinski definition) is 0. The number of allylic oxidation sites excluding steroid dienone is 2. The van der Waals surface area contributed by atoms with E-state index in [0.29, 0.717) is 31.1 Å². The molecule has 0 aliphatic heterocycles. The van der Waals surface area contributed by atoms with E-state index in [4.69, 9.17) is 4.74 Å². The first-order valence-electron chi connectivity index (χ1n) is 14.3. The molecule has 1 aliphatic rings. The van der Waals surface area contributed by atoms with Crippen LogP contribution in [0, 0.1) is 29.2 Å². The van der Waals surface area contributed by atoms with E-state index in [2.05, 4.69) is 43.3 Å². The summed E-state index contributed by atoms with van der Waals surface area (Å²) >= 11 is 0. The summed E-state index contributed by atoms with van der Waals surface area (Å²) in [5, 5.41) is 0. The van der Waals surface area contributed by atoms with Crippen LogP contribution in [0.4, 0.5) is 17.6 Å². The van der Waals surface area contributed by atoms with Crippen molar-refractivity contribution >= 4 is 0 Å². The largest absolute Gasteiger partial charge is 0.490 e. The molecule has 3 aromatic rings. The van der Waals surface area contributed by atoms with Gasteiger partial charge in [0.1, 0.15) is 0 Å². The van der Waals surface area contributed by atoms with Crippen LogP contribution in [0.15, 0.2) is 60.7 Å². The average molecular weight is 539 g/mol. The minimum absolute atomic E-state index is 0.222. The van der Waals surface area contributed by atoms with E-state index in [1.54, 1.807) is 0 Å². The number of aryl methyl sites for hydroxylation is 2. The van der Waals surface area contributed by atoms with Gasteiger partial charge in [-0.2, -0.15) is 4.39 Å². The molecule has 39 heavy (non-hydrogen) atoms. The molecule has 0 saturated heterocycles. The maximum Gasteiger partial charge on any atom is 0.201 e. The molecule has 0 N–H and O–H groups in total. The van der Waals surface area contributed by atoms with Crippen LogP contribution in [0.25, 0.3) is 11.1 Å². The van der Waals surface area contributed by atoms with E-state index < -0.39 is 23.3 Å². The molecule has 0 bridgehead atoms. The van der Waals surface area contributed by atoms with Crippen LogP contribution >= 0.6 is 0 Å². The molecule has 1 aliphatic carbocycles. The summed E-state index contributed by atoms with van der Waals surface area (Å²) < 4.78 is 63.9. The third kappa shape index (κ3) is 7.12. The number of ether oxygens (including phenoxy) is 1. The van der Waals surface area contributed by atoms with Crippen molar-refractivity contribution in [2.24, 2.45) is 5.92 Å². The summed E-state index contributed by atoms with van der Waals surface area (Å²) in [7, 11) is 0. The third-order valence-corrected chi connectivity index (χ3v) is 7.71. The Balaban J connectivity index is 1.31. The first-order valence-corrected chi connectivity index (χ1v) is 14.3. The van der Waals surface area contributed by atoms with Crippen LogP contribution in [0.3, 0.4) is 0 Å². The highest BCUT2D eigenvalue weighted by Gasteiger charge is 2.22. The van der Waals surface area contributed by atoms with Gasteiger partial charge >= 0.3 is 0 Å². The Labute approximate surface area is 229 Å². The van der Waals surface area contributed by atoms with Crippen molar-refractivity contribution in [3.05, 3.63) is 101 Å². The Hall–Kier alpha value is -3.08. The van der Waals surface area contributed by atoms with Crippen LogP contribution in [0.2, 0.25) is 0 Å². The maximum atomic E-state index is 14.9. The Morgan fingerprint density at radius 2 is 1.38 bits per heavy atom. The van der Waals surface area contributed by atoms with Gasteiger partial charge in [-0.05, 0) is 92.0 Å². The first-order chi connectivity index (χ1) is 18.9. The zero-order valence-electron chi connectivity index (χ0n) is 22.9. The van der Waals surface area contributed by atoms with Crippen molar-refractivity contribution in [2.45, 2.75) is 77.6 Å². The molecule has 5 heteroatoms. The van der Waals surface area contributed by atoms with Crippen molar-refractivity contribution in [2.75, 3.05) is 6.61 Å². The van der Waals surface area contributed by atoms with Gasteiger partial charge in [0, 0.05) is 11.1 Å². The van der Waals surface area contributed by atoms with Gasteiger partial charge in [-0.3, -0.25) is 0 Å². The monoisotopic (exact) mass is 538 g/mol. The van der Waals surface area contributed by atoms with Crippen LogP contribution in [-0.2, 0) is 12.8 Å². The second kappa shape index (κ2) is 13.8. The number of benzene rings is 3. The predicted octanol–water partition coefficient (Wildman–Crippen LogP) is 10.1. The highest BCUT2D eigenvalue weighted by atomic mass is 19.2. The molecule has 3 aromatic carbocycles. The number of hydrogen-bond acceptors (Lipinski definition) is 1. The standard InChI is InChI=1S/C34H38F4O/c1-3-7-23-10-14-25(15-11-23)26-16-12-24(13-17-26)8-5-6-9-27-18-19-28(32(36)31(27)35)29-20-21-30(39-22-4-2)34(38)33(29)37/h5,8,10-11,14-15,18-21,24,26H,3-4,6-7,9,12-13,16-17,22H2,1-2H3/b8-5+. The molecular weight excluding hydrogens is 500 g/mol. The lowest BCUT2D eigenvalue weighted by atomic mass is 9.78. The molecule has 0 amide bonds. The summed E-state index contributed by atoms with van der Waals surface area (Å²) in [6.45, 7) is 4.28. The minimum atomic E-state index is -1.25. The summed E-state index contributed by atoms with van der Waals surface area (Å²) in [5.74, 6) is -3.76. The Morgan fingerprint density at radius 1 is 0.718 bits per heavy atom. The van der Waals surface area contributed by atoms with E-state index in [1.165, 1.54) is 35.4 Å². The topological polar surface area (TPSA) is 9.23 Å². The molecule has 0 radical (unpaired) electrons. The second-order valence-electron chi connectivity index (χ2n) is 10.6. The molecule has 1 saturated carbocycles. The maximum absolute atomic E-state index is 14.9. The summed E-state index contributed by atoms with van der Waals surface area (Å²) in [5.41, 5.74) is 2.42. The summed E-state index contributed by atoms with van der Waals surface area (Å²) in [6, 6.07) is 14.3. The zero-order valence-corrected chi connectivity index (χ0v) is 22.9. The van der Waals surface area contributed by atoms with Gasteiger partial charge in [-0.15, -0.1) is 0 Å². The molecular formula is C34H38F4O. The summed E-state index contributed by atoms with van der Waals surface area (Å²) in [6.07, 6.45) is 12.7. The van der Waals surface area contributed by atoms with Gasteiger partial charge in [0.25, 0.3) is 0 Å². The van der Waals surface area contributed by atoms with E-state index in [0.717, 1.165) is 38.5 Å². The Bertz CT molecular complexity index is 1260. The van der Waals surface area contributed by atoms with Crippen LogP contribution in [-0.4, -0.2) is 6.61 Å². The predicted molar refractivity (Wildman–Crippen MR) is 150 cm³/mol. The van der Waals surface area contributed by atoms with E-state index in [-0.39, 0.29) is 29.0 Å². The van der Waals surface area contributed by atoms with Gasteiger partial charge in [0.2, 0.25) is 5.82 Å². The van der Waals surface area contributed by atoms with Crippen molar-refractivity contribution in [3.8, 4) is 16.9 Å². The first kappa shape index (κ1) is 28.9.